The monoisotopic (exact) mass is 458 g/mol. The predicted octanol–water partition coefficient (Wildman–Crippen LogP) is 4.95. The van der Waals surface area contributed by atoms with Gasteiger partial charge in [-0.2, -0.15) is 0 Å². The number of methoxy groups -OCH3 is 1. The first-order valence-electron chi connectivity index (χ1n) is 10.7. The number of rotatable bonds is 9. The molecule has 4 rings (SSSR count). The van der Waals surface area contributed by atoms with Crippen LogP contribution in [0.2, 0.25) is 0 Å². The largest absolute Gasteiger partial charge is 0.497 e. The smallest absolute Gasteiger partial charge is 0.237 e. The highest BCUT2D eigenvalue weighted by atomic mass is 32.2. The SMILES string of the molecule is COc1ccc(-c2nnc(SCC(=O)N(C)c3ccccc3)n2CCc2ccccc2)cc1. The highest BCUT2D eigenvalue weighted by Gasteiger charge is 2.18. The first kappa shape index (κ1) is 22.6. The molecule has 0 unspecified atom stereocenters. The van der Waals surface area contributed by atoms with Crippen LogP contribution in [0.5, 0.6) is 5.75 Å². The molecule has 0 aliphatic carbocycles. The molecule has 7 heteroatoms. The Hall–Kier alpha value is -3.58. The van der Waals surface area contributed by atoms with Crippen LogP contribution >= 0.6 is 11.8 Å². The Kier molecular flexibility index (Phi) is 7.42. The number of hydrogen-bond donors (Lipinski definition) is 0. The van der Waals surface area contributed by atoms with Gasteiger partial charge < -0.3 is 14.2 Å². The van der Waals surface area contributed by atoms with Crippen molar-refractivity contribution in [3.8, 4) is 17.1 Å². The molecule has 0 fully saturated rings. The van der Waals surface area contributed by atoms with Crippen molar-refractivity contribution in [2.24, 2.45) is 0 Å². The fraction of sp³-hybridized carbons (Fsp3) is 0.192. The van der Waals surface area contributed by atoms with Gasteiger partial charge in [-0.05, 0) is 48.4 Å². The van der Waals surface area contributed by atoms with E-state index in [9.17, 15) is 4.79 Å². The van der Waals surface area contributed by atoms with Gasteiger partial charge in [0.15, 0.2) is 11.0 Å². The minimum Gasteiger partial charge on any atom is -0.497 e. The van der Waals surface area contributed by atoms with E-state index in [1.165, 1.54) is 17.3 Å². The first-order chi connectivity index (χ1) is 16.2. The van der Waals surface area contributed by atoms with Gasteiger partial charge in [0.2, 0.25) is 5.91 Å². The Morgan fingerprint density at radius 2 is 1.61 bits per heavy atom. The normalized spacial score (nSPS) is 10.7. The molecule has 0 radical (unpaired) electrons. The number of aryl methyl sites for hydroxylation is 1. The van der Waals surface area contributed by atoms with Crippen LogP contribution < -0.4 is 9.64 Å². The lowest BCUT2D eigenvalue weighted by atomic mass is 10.1. The molecule has 0 bridgehead atoms. The van der Waals surface area contributed by atoms with Crippen LogP contribution in [0.3, 0.4) is 0 Å². The molecular formula is C26H26N4O2S. The van der Waals surface area contributed by atoms with Gasteiger partial charge >= 0.3 is 0 Å². The van der Waals surface area contributed by atoms with Crippen molar-refractivity contribution in [3.05, 3.63) is 90.5 Å². The van der Waals surface area contributed by atoms with E-state index in [4.69, 9.17) is 4.74 Å². The summed E-state index contributed by atoms with van der Waals surface area (Å²) in [5.41, 5.74) is 3.06. The van der Waals surface area contributed by atoms with Crippen LogP contribution in [-0.4, -0.2) is 40.6 Å². The Morgan fingerprint density at radius 3 is 2.27 bits per heavy atom. The average Bonchev–Trinajstić information content (AvgIpc) is 3.29. The molecule has 6 nitrogen and oxygen atoms in total. The number of aromatic nitrogens is 3. The molecule has 0 aliphatic heterocycles. The minimum absolute atomic E-state index is 0.00908. The maximum atomic E-state index is 12.8. The molecule has 0 aliphatic rings. The van der Waals surface area contributed by atoms with Gasteiger partial charge in [-0.1, -0.05) is 60.3 Å². The lowest BCUT2D eigenvalue weighted by molar-refractivity contribution is -0.115. The zero-order chi connectivity index (χ0) is 23.0. The van der Waals surface area contributed by atoms with Crippen molar-refractivity contribution < 1.29 is 9.53 Å². The topological polar surface area (TPSA) is 60.3 Å². The second kappa shape index (κ2) is 10.8. The van der Waals surface area contributed by atoms with Crippen molar-refractivity contribution in [2.45, 2.75) is 18.1 Å². The number of thioether (sulfide) groups is 1. The molecule has 0 spiro atoms. The molecule has 0 saturated carbocycles. The van der Waals surface area contributed by atoms with Crippen molar-refractivity contribution in [3.63, 3.8) is 0 Å². The highest BCUT2D eigenvalue weighted by Crippen LogP contribution is 2.26. The van der Waals surface area contributed by atoms with Crippen LogP contribution in [0, 0.1) is 0 Å². The summed E-state index contributed by atoms with van der Waals surface area (Å²) in [5.74, 6) is 1.85. The summed E-state index contributed by atoms with van der Waals surface area (Å²) in [4.78, 5) is 14.5. The van der Waals surface area contributed by atoms with E-state index in [1.54, 1.807) is 19.1 Å². The summed E-state index contributed by atoms with van der Waals surface area (Å²) in [6.45, 7) is 0.712. The third kappa shape index (κ3) is 5.62. The number of benzene rings is 3. The van der Waals surface area contributed by atoms with E-state index in [1.807, 2.05) is 72.8 Å². The number of anilines is 1. The molecule has 1 heterocycles. The Bertz CT molecular complexity index is 1180. The zero-order valence-corrected chi connectivity index (χ0v) is 19.5. The van der Waals surface area contributed by atoms with E-state index in [-0.39, 0.29) is 11.7 Å². The Morgan fingerprint density at radius 1 is 0.939 bits per heavy atom. The number of hydrogen-bond acceptors (Lipinski definition) is 5. The summed E-state index contributed by atoms with van der Waals surface area (Å²) in [6, 6.07) is 27.7. The number of amides is 1. The van der Waals surface area contributed by atoms with Gasteiger partial charge in [-0.25, -0.2) is 0 Å². The van der Waals surface area contributed by atoms with E-state index < -0.39 is 0 Å². The molecular weight excluding hydrogens is 432 g/mol. The summed E-state index contributed by atoms with van der Waals surface area (Å²) in [6.07, 6.45) is 0.841. The van der Waals surface area contributed by atoms with Crippen molar-refractivity contribution in [2.75, 3.05) is 24.8 Å². The van der Waals surface area contributed by atoms with E-state index in [0.717, 1.165) is 34.4 Å². The molecule has 4 aromatic rings. The molecule has 0 atom stereocenters. The van der Waals surface area contributed by atoms with Crippen LogP contribution in [0.4, 0.5) is 5.69 Å². The summed E-state index contributed by atoms with van der Waals surface area (Å²) < 4.78 is 7.37. The van der Waals surface area contributed by atoms with Gasteiger partial charge in [-0.15, -0.1) is 10.2 Å². The maximum absolute atomic E-state index is 12.8. The molecule has 3 aromatic carbocycles. The average molecular weight is 459 g/mol. The van der Waals surface area contributed by atoms with Crippen LogP contribution in [0.25, 0.3) is 11.4 Å². The lowest BCUT2D eigenvalue weighted by Gasteiger charge is -2.17. The third-order valence-corrected chi connectivity index (χ3v) is 6.33. The summed E-state index contributed by atoms with van der Waals surface area (Å²) >= 11 is 1.41. The fourth-order valence-corrected chi connectivity index (χ4v) is 4.33. The van der Waals surface area contributed by atoms with E-state index in [2.05, 4.69) is 26.9 Å². The van der Waals surface area contributed by atoms with Crippen molar-refractivity contribution in [1.29, 1.82) is 0 Å². The molecule has 0 saturated heterocycles. The zero-order valence-electron chi connectivity index (χ0n) is 18.7. The van der Waals surface area contributed by atoms with Gasteiger partial charge in [-0.3, -0.25) is 4.79 Å². The number of nitrogens with zero attached hydrogens (tertiary/aromatic N) is 4. The fourth-order valence-electron chi connectivity index (χ4n) is 3.45. The molecule has 33 heavy (non-hydrogen) atoms. The summed E-state index contributed by atoms with van der Waals surface area (Å²) in [5, 5.41) is 9.62. The lowest BCUT2D eigenvalue weighted by Crippen LogP contribution is -2.28. The maximum Gasteiger partial charge on any atom is 0.237 e. The van der Waals surface area contributed by atoms with Gasteiger partial charge in [0.05, 0.1) is 12.9 Å². The third-order valence-electron chi connectivity index (χ3n) is 5.37. The second-order valence-electron chi connectivity index (χ2n) is 7.50. The summed E-state index contributed by atoms with van der Waals surface area (Å²) in [7, 11) is 3.44. The van der Waals surface area contributed by atoms with Crippen LogP contribution in [0.15, 0.2) is 90.1 Å². The van der Waals surface area contributed by atoms with Crippen molar-refractivity contribution in [1.82, 2.24) is 14.8 Å². The second-order valence-corrected chi connectivity index (χ2v) is 8.44. The Labute approximate surface area is 198 Å². The molecule has 0 N–H and O–H groups in total. The highest BCUT2D eigenvalue weighted by molar-refractivity contribution is 7.99. The van der Waals surface area contributed by atoms with E-state index in [0.29, 0.717) is 6.54 Å². The number of carbonyl (C=O) groups excluding carboxylic acids is 1. The minimum atomic E-state index is 0.00908. The van der Waals surface area contributed by atoms with Gasteiger partial charge in [0, 0.05) is 24.8 Å². The van der Waals surface area contributed by atoms with Gasteiger partial charge in [0.25, 0.3) is 0 Å². The quantitative estimate of drug-likeness (QED) is 0.332. The molecule has 1 amide bonds. The number of para-hydroxylation sites is 1. The van der Waals surface area contributed by atoms with E-state index >= 15 is 0 Å². The number of carbonyl (C=O) groups is 1. The van der Waals surface area contributed by atoms with Crippen molar-refractivity contribution >= 4 is 23.4 Å². The standard InChI is InChI=1S/C26H26N4O2S/c1-29(22-11-7-4-8-12-22)24(31)19-33-26-28-27-25(21-13-15-23(32-2)16-14-21)30(26)18-17-20-9-5-3-6-10-20/h3-16H,17-19H2,1-2H3. The predicted molar refractivity (Wildman–Crippen MR) is 133 cm³/mol. The molecule has 168 valence electrons. The Balaban J connectivity index is 1.54. The first-order valence-corrected chi connectivity index (χ1v) is 11.7. The number of ether oxygens (including phenoxy) is 1. The molecule has 1 aromatic heterocycles. The van der Waals surface area contributed by atoms with Gasteiger partial charge in [0.1, 0.15) is 5.75 Å². The van der Waals surface area contributed by atoms with Crippen LogP contribution in [0.1, 0.15) is 5.56 Å². The van der Waals surface area contributed by atoms with Crippen LogP contribution in [-0.2, 0) is 17.8 Å².